The van der Waals surface area contributed by atoms with E-state index in [9.17, 15) is 9.59 Å². The zero-order chi connectivity index (χ0) is 18.0. The van der Waals surface area contributed by atoms with Crippen molar-refractivity contribution in [2.75, 3.05) is 0 Å². The molecule has 3 rings (SSSR count). The highest BCUT2D eigenvalue weighted by Gasteiger charge is 2.10. The summed E-state index contributed by atoms with van der Waals surface area (Å²) in [6, 6.07) is 14.3. The molecule has 0 radical (unpaired) electrons. The summed E-state index contributed by atoms with van der Waals surface area (Å²) in [7, 11) is 0. The maximum Gasteiger partial charge on any atom is 0.258 e. The number of ketones is 1. The van der Waals surface area contributed by atoms with E-state index in [-0.39, 0.29) is 24.0 Å². The third kappa shape index (κ3) is 3.99. The minimum Gasteiger partial charge on any atom is -0.491 e. The number of carbonyl (C=O) groups is 1. The summed E-state index contributed by atoms with van der Waals surface area (Å²) in [5.41, 5.74) is 0.398. The molecule has 1 heterocycles. The lowest BCUT2D eigenvalue weighted by atomic mass is 10.1. The number of ether oxygens (including phenoxy) is 1. The number of hydrogen-bond donors (Lipinski definition) is 0. The third-order valence-electron chi connectivity index (χ3n) is 3.80. The first-order valence-corrected chi connectivity index (χ1v) is 8.82. The molecule has 25 heavy (non-hydrogen) atoms. The Hall–Kier alpha value is -2.40. The zero-order valence-electron chi connectivity index (χ0n) is 14.0. The topological polar surface area (TPSA) is 48.3 Å². The highest BCUT2D eigenvalue weighted by atomic mass is 79.9. The van der Waals surface area contributed by atoms with Crippen molar-refractivity contribution in [2.24, 2.45) is 0 Å². The number of aromatic nitrogens is 1. The molecule has 0 saturated carbocycles. The Kier molecular flexibility index (Phi) is 5.04. The molecule has 0 unspecified atom stereocenters. The van der Waals surface area contributed by atoms with E-state index in [0.29, 0.717) is 10.9 Å². The molecule has 2 aromatic carbocycles. The number of halogens is 1. The van der Waals surface area contributed by atoms with E-state index in [1.807, 2.05) is 38.1 Å². The SMILES string of the molecule is CC(C)Oc1ccc2c(=O)n(CC(=O)c3ccc(Br)cc3)ccc2c1. The van der Waals surface area contributed by atoms with Crippen LogP contribution in [0.1, 0.15) is 24.2 Å². The van der Waals surface area contributed by atoms with Gasteiger partial charge in [0.2, 0.25) is 0 Å². The maximum atomic E-state index is 12.6. The van der Waals surface area contributed by atoms with Crippen LogP contribution in [-0.2, 0) is 6.54 Å². The number of benzene rings is 2. The van der Waals surface area contributed by atoms with Gasteiger partial charge in [-0.1, -0.05) is 28.1 Å². The zero-order valence-corrected chi connectivity index (χ0v) is 15.6. The first-order chi connectivity index (χ1) is 11.9. The lowest BCUT2D eigenvalue weighted by Gasteiger charge is -2.11. The largest absolute Gasteiger partial charge is 0.491 e. The van der Waals surface area contributed by atoms with Crippen LogP contribution >= 0.6 is 15.9 Å². The lowest BCUT2D eigenvalue weighted by Crippen LogP contribution is -2.23. The summed E-state index contributed by atoms with van der Waals surface area (Å²) < 4.78 is 8.01. The minimum absolute atomic E-state index is 0.0145. The van der Waals surface area contributed by atoms with E-state index in [1.165, 1.54) is 4.57 Å². The van der Waals surface area contributed by atoms with Gasteiger partial charge in [-0.15, -0.1) is 0 Å². The van der Waals surface area contributed by atoms with Crippen LogP contribution in [0.15, 0.2) is 64.0 Å². The molecule has 3 aromatic rings. The Labute approximate surface area is 154 Å². The van der Waals surface area contributed by atoms with Crippen molar-refractivity contribution in [1.82, 2.24) is 4.57 Å². The van der Waals surface area contributed by atoms with Gasteiger partial charge in [-0.2, -0.15) is 0 Å². The van der Waals surface area contributed by atoms with Crippen LogP contribution in [0.5, 0.6) is 5.75 Å². The van der Waals surface area contributed by atoms with Crippen molar-refractivity contribution < 1.29 is 9.53 Å². The molecule has 128 valence electrons. The fraction of sp³-hybridized carbons (Fsp3) is 0.200. The van der Waals surface area contributed by atoms with Gasteiger partial charge in [0.15, 0.2) is 5.78 Å². The van der Waals surface area contributed by atoms with Crippen molar-refractivity contribution in [3.63, 3.8) is 0 Å². The van der Waals surface area contributed by atoms with Crippen LogP contribution in [0.3, 0.4) is 0 Å². The summed E-state index contributed by atoms with van der Waals surface area (Å²) in [6.07, 6.45) is 1.72. The molecule has 0 saturated heterocycles. The Morgan fingerprint density at radius 1 is 1.12 bits per heavy atom. The summed E-state index contributed by atoms with van der Waals surface area (Å²) in [6.45, 7) is 3.92. The highest BCUT2D eigenvalue weighted by Crippen LogP contribution is 2.19. The molecule has 0 spiro atoms. The predicted molar refractivity (Wildman–Crippen MR) is 102 cm³/mol. The van der Waals surface area contributed by atoms with E-state index in [4.69, 9.17) is 4.74 Å². The van der Waals surface area contributed by atoms with Gasteiger partial charge in [-0.05, 0) is 55.6 Å². The maximum absolute atomic E-state index is 12.6. The second kappa shape index (κ2) is 7.23. The van der Waals surface area contributed by atoms with E-state index < -0.39 is 0 Å². The van der Waals surface area contributed by atoms with Crippen LogP contribution in [0, 0.1) is 0 Å². The van der Waals surface area contributed by atoms with Crippen LogP contribution in [0.4, 0.5) is 0 Å². The normalized spacial score (nSPS) is 11.0. The summed E-state index contributed by atoms with van der Waals surface area (Å²) in [5.74, 6) is 0.624. The predicted octanol–water partition coefficient (Wildman–Crippen LogP) is 4.43. The number of nitrogens with zero attached hydrogens (tertiary/aromatic N) is 1. The summed E-state index contributed by atoms with van der Waals surface area (Å²) >= 11 is 3.34. The van der Waals surface area contributed by atoms with Crippen LogP contribution in [0.2, 0.25) is 0 Å². The van der Waals surface area contributed by atoms with Gasteiger partial charge in [0.05, 0.1) is 12.6 Å². The monoisotopic (exact) mass is 399 g/mol. The number of hydrogen-bond acceptors (Lipinski definition) is 3. The minimum atomic E-state index is -0.181. The molecular weight excluding hydrogens is 382 g/mol. The van der Waals surface area contributed by atoms with Gasteiger partial charge in [0.25, 0.3) is 5.56 Å². The van der Waals surface area contributed by atoms with Crippen LogP contribution in [-0.4, -0.2) is 16.5 Å². The second-order valence-electron chi connectivity index (χ2n) is 6.09. The van der Waals surface area contributed by atoms with Gasteiger partial charge >= 0.3 is 0 Å². The molecule has 0 fully saturated rings. The van der Waals surface area contributed by atoms with Crippen LogP contribution in [0.25, 0.3) is 10.8 Å². The summed E-state index contributed by atoms with van der Waals surface area (Å²) in [4.78, 5) is 25.0. The molecule has 0 N–H and O–H groups in total. The molecular formula is C20H18BrNO3. The van der Waals surface area contributed by atoms with Crippen molar-refractivity contribution in [1.29, 1.82) is 0 Å². The van der Waals surface area contributed by atoms with Crippen molar-refractivity contribution >= 4 is 32.5 Å². The quantitative estimate of drug-likeness (QED) is 0.596. The average molecular weight is 400 g/mol. The average Bonchev–Trinajstić information content (AvgIpc) is 2.57. The fourth-order valence-electron chi connectivity index (χ4n) is 2.62. The Morgan fingerprint density at radius 3 is 2.52 bits per heavy atom. The number of carbonyl (C=O) groups excluding carboxylic acids is 1. The van der Waals surface area contributed by atoms with E-state index in [1.54, 1.807) is 30.5 Å². The van der Waals surface area contributed by atoms with Crippen molar-refractivity contribution in [2.45, 2.75) is 26.5 Å². The van der Waals surface area contributed by atoms with Gasteiger partial charge < -0.3 is 9.30 Å². The Balaban J connectivity index is 1.90. The third-order valence-corrected chi connectivity index (χ3v) is 4.33. The summed E-state index contributed by atoms with van der Waals surface area (Å²) in [5, 5.41) is 1.37. The molecule has 4 nitrogen and oxygen atoms in total. The van der Waals surface area contributed by atoms with Crippen LogP contribution < -0.4 is 10.3 Å². The molecule has 0 atom stereocenters. The molecule has 1 aromatic heterocycles. The van der Waals surface area contributed by atoms with Crippen molar-refractivity contribution in [3.05, 3.63) is 75.1 Å². The second-order valence-corrected chi connectivity index (χ2v) is 7.01. The van der Waals surface area contributed by atoms with Gasteiger partial charge in [0.1, 0.15) is 5.75 Å². The highest BCUT2D eigenvalue weighted by molar-refractivity contribution is 9.10. The van der Waals surface area contributed by atoms with Gasteiger partial charge in [0, 0.05) is 21.6 Å². The van der Waals surface area contributed by atoms with Gasteiger partial charge in [-0.3, -0.25) is 9.59 Å². The standard InChI is InChI=1S/C20H18BrNO3/c1-13(2)25-17-7-8-18-15(11-17)9-10-22(20(18)24)12-19(23)14-3-5-16(21)6-4-14/h3-11,13H,12H2,1-2H3. The van der Waals surface area contributed by atoms with E-state index in [0.717, 1.165) is 15.6 Å². The lowest BCUT2D eigenvalue weighted by molar-refractivity contribution is 0.0971. The number of pyridine rings is 1. The number of fused-ring (bicyclic) bond motifs is 1. The Morgan fingerprint density at radius 2 is 1.84 bits per heavy atom. The van der Waals surface area contributed by atoms with E-state index in [2.05, 4.69) is 15.9 Å². The molecule has 0 aliphatic carbocycles. The first-order valence-electron chi connectivity index (χ1n) is 8.02. The molecule has 0 amide bonds. The van der Waals surface area contributed by atoms with E-state index >= 15 is 0 Å². The molecule has 0 bridgehead atoms. The molecule has 0 aliphatic heterocycles. The first kappa shape index (κ1) is 17.4. The Bertz CT molecular complexity index is 974. The molecule has 5 heteroatoms. The van der Waals surface area contributed by atoms with Crippen molar-refractivity contribution in [3.8, 4) is 5.75 Å². The number of Topliss-reactive ketones (excluding diaryl/α,β-unsaturated/α-hetero) is 1. The smallest absolute Gasteiger partial charge is 0.258 e. The fourth-order valence-corrected chi connectivity index (χ4v) is 2.88. The molecule has 0 aliphatic rings. The number of rotatable bonds is 5. The van der Waals surface area contributed by atoms with Gasteiger partial charge in [-0.25, -0.2) is 0 Å².